The van der Waals surface area contributed by atoms with Crippen molar-refractivity contribution >= 4 is 11.9 Å². The minimum atomic E-state index is -0.282. The Kier molecular flexibility index (Phi) is 9.93. The lowest BCUT2D eigenvalue weighted by atomic mass is 9.83. The van der Waals surface area contributed by atoms with Crippen LogP contribution in [0.25, 0.3) is 0 Å². The van der Waals surface area contributed by atoms with E-state index in [9.17, 15) is 9.59 Å². The lowest BCUT2D eigenvalue weighted by Crippen LogP contribution is -2.32. The van der Waals surface area contributed by atoms with Crippen molar-refractivity contribution in [1.29, 1.82) is 0 Å². The Morgan fingerprint density at radius 2 is 1.48 bits per heavy atom. The molecule has 0 aromatic rings. The van der Waals surface area contributed by atoms with Crippen LogP contribution in [0, 0.1) is 11.8 Å². The lowest BCUT2D eigenvalue weighted by molar-refractivity contribution is -0.158. The molecule has 2 saturated carbocycles. The molecule has 4 heteroatoms. The third kappa shape index (κ3) is 8.06. The highest BCUT2D eigenvalue weighted by Crippen LogP contribution is 2.32. The average molecular weight is 379 g/mol. The van der Waals surface area contributed by atoms with E-state index >= 15 is 0 Å². The highest BCUT2D eigenvalue weighted by atomic mass is 16.5. The van der Waals surface area contributed by atoms with Crippen molar-refractivity contribution in [2.24, 2.45) is 11.8 Å². The zero-order valence-electron chi connectivity index (χ0n) is 17.3. The van der Waals surface area contributed by atoms with Crippen LogP contribution in [0.5, 0.6) is 0 Å². The second-order valence-corrected chi connectivity index (χ2v) is 8.34. The van der Waals surface area contributed by atoms with Crippen molar-refractivity contribution in [2.45, 2.75) is 110 Å². The molecular formula is C23H38O4. The molecule has 0 saturated heterocycles. The minimum Gasteiger partial charge on any atom is -0.462 e. The zero-order valence-corrected chi connectivity index (χ0v) is 17.3. The van der Waals surface area contributed by atoms with Gasteiger partial charge in [-0.15, -0.1) is 0 Å². The fraction of sp³-hybridized carbons (Fsp3) is 0.826. The van der Waals surface area contributed by atoms with E-state index < -0.39 is 0 Å². The Morgan fingerprint density at radius 3 is 2.11 bits per heavy atom. The molecule has 0 amide bonds. The zero-order chi connectivity index (χ0) is 19.5. The summed E-state index contributed by atoms with van der Waals surface area (Å²) in [6, 6.07) is 0. The molecule has 0 radical (unpaired) electrons. The Balaban J connectivity index is 1.61. The molecule has 154 valence electrons. The van der Waals surface area contributed by atoms with Crippen molar-refractivity contribution in [1.82, 2.24) is 0 Å². The molecule has 2 rings (SSSR count). The van der Waals surface area contributed by atoms with Crippen LogP contribution < -0.4 is 0 Å². The van der Waals surface area contributed by atoms with Crippen molar-refractivity contribution < 1.29 is 19.1 Å². The standard InChI is InChI=1S/C23H38O4/c1-3-5-6-7-9-18-10-14-21(15-11-18)27-23(25)19-12-16-20(17-13-19)26-22(24)8-4-2/h4,8,18-21H,3,5-7,9-17H2,1-2H3. The van der Waals surface area contributed by atoms with Crippen LogP contribution in [0.15, 0.2) is 12.2 Å². The largest absolute Gasteiger partial charge is 0.462 e. The summed E-state index contributed by atoms with van der Waals surface area (Å²) in [5.74, 6) is 0.502. The average Bonchev–Trinajstić information content (AvgIpc) is 2.67. The number of hydrogen-bond acceptors (Lipinski definition) is 4. The van der Waals surface area contributed by atoms with Crippen LogP contribution in [0.1, 0.15) is 97.3 Å². The number of unbranched alkanes of at least 4 members (excludes halogenated alkanes) is 3. The maximum absolute atomic E-state index is 12.5. The normalized spacial score (nSPS) is 28.8. The molecule has 2 fully saturated rings. The summed E-state index contributed by atoms with van der Waals surface area (Å²) in [5.41, 5.74) is 0. The number of carbonyl (C=O) groups excluding carboxylic acids is 2. The molecule has 0 heterocycles. The molecule has 0 bridgehead atoms. The number of ether oxygens (including phenoxy) is 2. The van der Waals surface area contributed by atoms with Crippen LogP contribution in [-0.4, -0.2) is 24.1 Å². The SMILES string of the molecule is CC=CC(=O)OC1CCC(C(=O)OC2CCC(CCCCCC)CC2)CC1. The van der Waals surface area contributed by atoms with Gasteiger partial charge in [0, 0.05) is 6.08 Å². The first-order valence-corrected chi connectivity index (χ1v) is 11.2. The van der Waals surface area contributed by atoms with Gasteiger partial charge >= 0.3 is 11.9 Å². The summed E-state index contributed by atoms with van der Waals surface area (Å²) in [7, 11) is 0. The topological polar surface area (TPSA) is 52.6 Å². The van der Waals surface area contributed by atoms with Gasteiger partial charge in [0.25, 0.3) is 0 Å². The monoisotopic (exact) mass is 378 g/mol. The fourth-order valence-corrected chi connectivity index (χ4v) is 4.41. The second kappa shape index (κ2) is 12.2. The molecule has 27 heavy (non-hydrogen) atoms. The second-order valence-electron chi connectivity index (χ2n) is 8.34. The first kappa shape index (κ1) is 22.0. The number of rotatable bonds is 9. The van der Waals surface area contributed by atoms with E-state index in [1.807, 2.05) is 0 Å². The van der Waals surface area contributed by atoms with Crippen LogP contribution in [0.4, 0.5) is 0 Å². The predicted molar refractivity (Wildman–Crippen MR) is 107 cm³/mol. The van der Waals surface area contributed by atoms with Crippen molar-refractivity contribution in [3.63, 3.8) is 0 Å². The fourth-order valence-electron chi connectivity index (χ4n) is 4.41. The summed E-state index contributed by atoms with van der Waals surface area (Å²) in [6.45, 7) is 4.05. The van der Waals surface area contributed by atoms with Gasteiger partial charge in [-0.05, 0) is 64.2 Å². The van der Waals surface area contributed by atoms with E-state index in [1.165, 1.54) is 51.0 Å². The number of carbonyl (C=O) groups is 2. The minimum absolute atomic E-state index is 0.0200. The quantitative estimate of drug-likeness (QED) is 0.292. The molecule has 2 aliphatic rings. The Morgan fingerprint density at radius 1 is 0.852 bits per heavy atom. The van der Waals surface area contributed by atoms with Gasteiger partial charge in [-0.3, -0.25) is 4.79 Å². The maximum atomic E-state index is 12.5. The van der Waals surface area contributed by atoms with E-state index in [2.05, 4.69) is 6.92 Å². The maximum Gasteiger partial charge on any atom is 0.330 e. The van der Waals surface area contributed by atoms with Gasteiger partial charge in [0.15, 0.2) is 0 Å². The van der Waals surface area contributed by atoms with Crippen LogP contribution in [-0.2, 0) is 19.1 Å². The van der Waals surface area contributed by atoms with E-state index in [0.717, 1.165) is 44.4 Å². The molecule has 0 aliphatic heterocycles. The summed E-state index contributed by atoms with van der Waals surface area (Å²) < 4.78 is 11.2. The number of esters is 2. The molecule has 0 aromatic heterocycles. The first-order valence-electron chi connectivity index (χ1n) is 11.2. The molecule has 0 spiro atoms. The van der Waals surface area contributed by atoms with Gasteiger partial charge in [0.2, 0.25) is 0 Å². The predicted octanol–water partition coefficient (Wildman–Crippen LogP) is 5.74. The Hall–Kier alpha value is -1.32. The van der Waals surface area contributed by atoms with Crippen LogP contribution in [0.2, 0.25) is 0 Å². The van der Waals surface area contributed by atoms with Gasteiger partial charge < -0.3 is 9.47 Å². The molecular weight excluding hydrogens is 340 g/mol. The third-order valence-corrected chi connectivity index (χ3v) is 6.14. The molecule has 4 nitrogen and oxygen atoms in total. The molecule has 0 N–H and O–H groups in total. The summed E-state index contributed by atoms with van der Waals surface area (Å²) in [4.78, 5) is 24.0. The first-order chi connectivity index (χ1) is 13.1. The van der Waals surface area contributed by atoms with Crippen molar-refractivity contribution in [3.8, 4) is 0 Å². The van der Waals surface area contributed by atoms with Gasteiger partial charge in [-0.2, -0.15) is 0 Å². The van der Waals surface area contributed by atoms with Gasteiger partial charge in [0.1, 0.15) is 12.2 Å². The molecule has 0 aromatic carbocycles. The summed E-state index contributed by atoms with van der Waals surface area (Å²) in [5, 5.41) is 0. The number of allylic oxidation sites excluding steroid dienone is 1. The third-order valence-electron chi connectivity index (χ3n) is 6.14. The molecule has 2 aliphatic carbocycles. The lowest BCUT2D eigenvalue weighted by Gasteiger charge is -2.31. The summed E-state index contributed by atoms with van der Waals surface area (Å²) >= 11 is 0. The van der Waals surface area contributed by atoms with E-state index in [4.69, 9.17) is 9.47 Å². The van der Waals surface area contributed by atoms with E-state index in [1.54, 1.807) is 13.0 Å². The van der Waals surface area contributed by atoms with E-state index in [-0.39, 0.29) is 30.1 Å². The van der Waals surface area contributed by atoms with E-state index in [0.29, 0.717) is 0 Å². The molecule has 0 unspecified atom stereocenters. The van der Waals surface area contributed by atoms with Crippen molar-refractivity contribution in [3.05, 3.63) is 12.2 Å². The van der Waals surface area contributed by atoms with Crippen LogP contribution in [0.3, 0.4) is 0 Å². The van der Waals surface area contributed by atoms with Crippen molar-refractivity contribution in [2.75, 3.05) is 0 Å². The highest BCUT2D eigenvalue weighted by molar-refractivity contribution is 5.82. The molecule has 0 atom stereocenters. The Bertz CT molecular complexity index is 469. The highest BCUT2D eigenvalue weighted by Gasteiger charge is 2.31. The Labute approximate surface area is 165 Å². The summed E-state index contributed by atoms with van der Waals surface area (Å²) in [6.07, 6.45) is 17.4. The van der Waals surface area contributed by atoms with Gasteiger partial charge in [0.05, 0.1) is 5.92 Å². The van der Waals surface area contributed by atoms with Gasteiger partial charge in [-0.25, -0.2) is 4.79 Å². The van der Waals surface area contributed by atoms with Crippen LogP contribution >= 0.6 is 0 Å². The smallest absolute Gasteiger partial charge is 0.330 e. The number of hydrogen-bond donors (Lipinski definition) is 0. The van der Waals surface area contributed by atoms with Gasteiger partial charge in [-0.1, -0.05) is 45.1 Å².